The molecule has 0 aliphatic carbocycles. The molecular formula is C22H22N6O3. The Kier molecular flexibility index (Phi) is 5.24. The van der Waals surface area contributed by atoms with E-state index in [-0.39, 0.29) is 6.61 Å². The molecule has 4 rings (SSSR count). The van der Waals surface area contributed by atoms with Crippen molar-refractivity contribution in [2.75, 3.05) is 6.61 Å². The number of carboxylic acid groups (broad SMARTS) is 1. The Balaban J connectivity index is 1.45. The maximum atomic E-state index is 11.2. The molecule has 0 fully saturated rings. The minimum atomic E-state index is -0.951. The van der Waals surface area contributed by atoms with Gasteiger partial charge in [-0.15, -0.1) is 0 Å². The van der Waals surface area contributed by atoms with Crippen LogP contribution < -0.4 is 4.74 Å². The fraction of sp³-hybridized carbons (Fsp3) is 0.227. The topological polar surface area (TPSA) is 130 Å². The quantitative estimate of drug-likeness (QED) is 0.417. The van der Waals surface area contributed by atoms with E-state index in [1.807, 2.05) is 31.2 Å². The van der Waals surface area contributed by atoms with E-state index in [0.29, 0.717) is 17.4 Å². The van der Waals surface area contributed by atoms with Gasteiger partial charge < -0.3 is 14.8 Å². The number of hydrogen-bond acceptors (Lipinski definition) is 6. The number of H-pyrrole nitrogens is 2. The SMILES string of the molecule is Cc1nc(-c2cnc(-c3ccc(-c4ccc(OCC(C)(C)C(=O)O)cc4)nc3)[nH]2)n[nH]1. The molecule has 0 amide bonds. The van der Waals surface area contributed by atoms with E-state index in [0.717, 1.165) is 28.3 Å². The number of carbonyl (C=O) groups is 1. The zero-order valence-corrected chi connectivity index (χ0v) is 17.4. The second-order valence-electron chi connectivity index (χ2n) is 7.82. The van der Waals surface area contributed by atoms with Crippen LogP contribution in [-0.2, 0) is 4.79 Å². The molecule has 3 N–H and O–H groups in total. The normalized spacial score (nSPS) is 11.5. The van der Waals surface area contributed by atoms with Gasteiger partial charge in [-0.25, -0.2) is 9.97 Å². The molecule has 4 aromatic rings. The Hall–Kier alpha value is -4.01. The number of nitrogens with zero attached hydrogens (tertiary/aromatic N) is 4. The second kappa shape index (κ2) is 8.02. The molecule has 0 spiro atoms. The Morgan fingerprint density at radius 3 is 2.42 bits per heavy atom. The van der Waals surface area contributed by atoms with Gasteiger partial charge in [0.05, 0.1) is 17.3 Å². The summed E-state index contributed by atoms with van der Waals surface area (Å²) in [6.07, 6.45) is 3.44. The van der Waals surface area contributed by atoms with Gasteiger partial charge in [-0.05, 0) is 57.2 Å². The summed E-state index contributed by atoms with van der Waals surface area (Å²) in [5.41, 5.74) is 2.35. The lowest BCUT2D eigenvalue weighted by molar-refractivity contribution is -0.148. The summed E-state index contributed by atoms with van der Waals surface area (Å²) in [5, 5.41) is 16.1. The highest BCUT2D eigenvalue weighted by molar-refractivity contribution is 5.73. The van der Waals surface area contributed by atoms with Crippen molar-refractivity contribution in [1.82, 2.24) is 30.1 Å². The lowest BCUT2D eigenvalue weighted by atomic mass is 9.95. The molecule has 158 valence electrons. The monoisotopic (exact) mass is 418 g/mol. The lowest BCUT2D eigenvalue weighted by Gasteiger charge is -2.19. The van der Waals surface area contributed by atoms with Crippen LogP contribution in [0.1, 0.15) is 19.7 Å². The van der Waals surface area contributed by atoms with Crippen LogP contribution in [0.15, 0.2) is 48.8 Å². The van der Waals surface area contributed by atoms with Gasteiger partial charge in [-0.1, -0.05) is 0 Å². The molecular weight excluding hydrogens is 396 g/mol. The Bertz CT molecular complexity index is 1190. The molecule has 9 nitrogen and oxygen atoms in total. The Labute approximate surface area is 178 Å². The Morgan fingerprint density at radius 1 is 1.06 bits per heavy atom. The minimum Gasteiger partial charge on any atom is -0.492 e. The first-order chi connectivity index (χ1) is 14.8. The molecule has 0 aliphatic heterocycles. The van der Waals surface area contributed by atoms with E-state index < -0.39 is 11.4 Å². The molecule has 1 aromatic carbocycles. The molecule has 0 atom stereocenters. The molecule has 0 unspecified atom stereocenters. The maximum Gasteiger partial charge on any atom is 0.312 e. The highest BCUT2D eigenvalue weighted by Crippen LogP contribution is 2.25. The van der Waals surface area contributed by atoms with Crippen molar-refractivity contribution in [2.45, 2.75) is 20.8 Å². The predicted octanol–water partition coefficient (Wildman–Crippen LogP) is 3.72. The van der Waals surface area contributed by atoms with Crippen LogP contribution in [0.2, 0.25) is 0 Å². The third-order valence-corrected chi connectivity index (χ3v) is 4.78. The van der Waals surface area contributed by atoms with Crippen LogP contribution in [0, 0.1) is 12.3 Å². The van der Waals surface area contributed by atoms with Crippen LogP contribution in [0.5, 0.6) is 5.75 Å². The third-order valence-electron chi connectivity index (χ3n) is 4.78. The summed E-state index contributed by atoms with van der Waals surface area (Å²) < 4.78 is 5.61. The highest BCUT2D eigenvalue weighted by Gasteiger charge is 2.28. The van der Waals surface area contributed by atoms with Gasteiger partial charge in [-0.2, -0.15) is 5.10 Å². The number of aromatic nitrogens is 6. The first-order valence-corrected chi connectivity index (χ1v) is 9.69. The molecule has 0 aliphatic rings. The second-order valence-corrected chi connectivity index (χ2v) is 7.82. The van der Waals surface area contributed by atoms with Gasteiger partial charge in [-0.3, -0.25) is 14.9 Å². The van der Waals surface area contributed by atoms with Gasteiger partial charge in [0, 0.05) is 17.3 Å². The summed E-state index contributed by atoms with van der Waals surface area (Å²) in [5.74, 6) is 1.70. The van der Waals surface area contributed by atoms with Crippen molar-refractivity contribution in [2.24, 2.45) is 5.41 Å². The van der Waals surface area contributed by atoms with Crippen molar-refractivity contribution < 1.29 is 14.6 Å². The predicted molar refractivity (Wildman–Crippen MR) is 114 cm³/mol. The van der Waals surface area contributed by atoms with Crippen molar-refractivity contribution in [3.05, 3.63) is 54.6 Å². The molecule has 3 aromatic heterocycles. The first kappa shape index (κ1) is 20.3. The average molecular weight is 418 g/mol. The van der Waals surface area contributed by atoms with Gasteiger partial charge in [0.15, 0.2) is 5.82 Å². The standard InChI is InChI=1S/C22H22N6O3/c1-13-25-20(28-27-13)18-11-24-19(26-18)15-6-9-17(23-10-15)14-4-7-16(8-5-14)31-12-22(2,3)21(29)30/h4-11H,12H2,1-3H3,(H,24,26)(H,29,30)(H,25,27,28). The molecule has 0 saturated heterocycles. The number of imidazole rings is 1. The maximum absolute atomic E-state index is 11.2. The average Bonchev–Trinajstić information content (AvgIpc) is 3.42. The van der Waals surface area contributed by atoms with Gasteiger partial charge >= 0.3 is 5.97 Å². The number of aliphatic carboxylic acids is 1. The van der Waals surface area contributed by atoms with Crippen LogP contribution >= 0.6 is 0 Å². The molecule has 0 bridgehead atoms. The third kappa shape index (κ3) is 4.45. The van der Waals surface area contributed by atoms with Crippen molar-refractivity contribution in [1.29, 1.82) is 0 Å². The summed E-state index contributed by atoms with van der Waals surface area (Å²) in [4.78, 5) is 27.6. The minimum absolute atomic E-state index is 0.0904. The molecule has 0 saturated carbocycles. The number of carboxylic acids is 1. The van der Waals surface area contributed by atoms with E-state index >= 15 is 0 Å². The number of aromatic amines is 2. The van der Waals surface area contributed by atoms with E-state index in [2.05, 4.69) is 30.1 Å². The number of nitrogens with one attached hydrogen (secondary N) is 2. The molecule has 31 heavy (non-hydrogen) atoms. The van der Waals surface area contributed by atoms with Crippen molar-refractivity contribution in [3.8, 4) is 39.9 Å². The van der Waals surface area contributed by atoms with Crippen LogP contribution in [0.3, 0.4) is 0 Å². The molecule has 9 heteroatoms. The number of benzene rings is 1. The van der Waals surface area contributed by atoms with Gasteiger partial charge in [0.25, 0.3) is 0 Å². The summed E-state index contributed by atoms with van der Waals surface area (Å²) >= 11 is 0. The highest BCUT2D eigenvalue weighted by atomic mass is 16.5. The summed E-state index contributed by atoms with van der Waals surface area (Å²) in [6.45, 7) is 5.19. The van der Waals surface area contributed by atoms with Crippen molar-refractivity contribution >= 4 is 5.97 Å². The van der Waals surface area contributed by atoms with E-state index in [1.54, 1.807) is 38.4 Å². The van der Waals surface area contributed by atoms with E-state index in [1.165, 1.54) is 0 Å². The fourth-order valence-corrected chi connectivity index (χ4v) is 2.80. The zero-order chi connectivity index (χ0) is 22.0. The fourth-order valence-electron chi connectivity index (χ4n) is 2.80. The molecule has 3 heterocycles. The number of ether oxygens (including phenoxy) is 1. The lowest BCUT2D eigenvalue weighted by Crippen LogP contribution is -2.30. The number of hydrogen-bond donors (Lipinski definition) is 3. The van der Waals surface area contributed by atoms with E-state index in [9.17, 15) is 9.90 Å². The van der Waals surface area contributed by atoms with Gasteiger partial charge in [0.1, 0.15) is 29.7 Å². The number of pyridine rings is 1. The number of aryl methyl sites for hydroxylation is 1. The number of rotatable bonds is 7. The smallest absolute Gasteiger partial charge is 0.312 e. The summed E-state index contributed by atoms with van der Waals surface area (Å²) in [7, 11) is 0. The Morgan fingerprint density at radius 2 is 1.81 bits per heavy atom. The summed E-state index contributed by atoms with van der Waals surface area (Å²) in [6, 6.07) is 11.2. The van der Waals surface area contributed by atoms with Crippen LogP contribution in [0.25, 0.3) is 34.2 Å². The molecule has 0 radical (unpaired) electrons. The van der Waals surface area contributed by atoms with Crippen LogP contribution in [0.4, 0.5) is 0 Å². The van der Waals surface area contributed by atoms with Gasteiger partial charge in [0.2, 0.25) is 0 Å². The first-order valence-electron chi connectivity index (χ1n) is 9.69. The zero-order valence-electron chi connectivity index (χ0n) is 17.4. The van der Waals surface area contributed by atoms with Crippen molar-refractivity contribution in [3.63, 3.8) is 0 Å². The van der Waals surface area contributed by atoms with E-state index in [4.69, 9.17) is 4.74 Å². The largest absolute Gasteiger partial charge is 0.492 e. The van der Waals surface area contributed by atoms with Crippen LogP contribution in [-0.4, -0.2) is 47.8 Å².